The summed E-state index contributed by atoms with van der Waals surface area (Å²) in [6, 6.07) is 3.21. The third-order valence-corrected chi connectivity index (χ3v) is 8.04. The normalized spacial score (nSPS) is 18.7. The quantitative estimate of drug-likeness (QED) is 0.446. The third-order valence-electron chi connectivity index (χ3n) is 8.04. The van der Waals surface area contributed by atoms with Gasteiger partial charge in [-0.25, -0.2) is 4.39 Å². The highest BCUT2D eigenvalue weighted by atomic mass is 19.1. The molecule has 4 amide bonds. The molecule has 3 N–H and O–H groups in total. The Bertz CT molecular complexity index is 1390. The number of ether oxygens (including phenoxy) is 1. The van der Waals surface area contributed by atoms with Crippen molar-refractivity contribution >= 4 is 41.0 Å². The fourth-order valence-electron chi connectivity index (χ4n) is 5.77. The number of rotatable bonds is 7. The minimum Gasteiger partial charge on any atom is -0.378 e. The molecule has 1 aromatic carbocycles. The number of carbonyl (C=O) groups is 4. The van der Waals surface area contributed by atoms with Crippen LogP contribution in [0.15, 0.2) is 18.2 Å². The number of H-pyrrole nitrogens is 1. The molecule has 3 aliphatic rings. The molecule has 41 heavy (non-hydrogen) atoms. The van der Waals surface area contributed by atoms with Gasteiger partial charge >= 0.3 is 0 Å². The number of benzene rings is 1. The van der Waals surface area contributed by atoms with Gasteiger partial charge in [-0.1, -0.05) is 0 Å². The highest BCUT2D eigenvalue weighted by Gasteiger charge is 2.31. The molecule has 11 heteroatoms. The SMILES string of the molecule is Cc1[nH]c(/C=C2\C(=O)Nc3ccc(F)cc32)c(C)c1C(=O)N[C@@H](CCC(=O)N1CCCCC1)C(=O)N1CCOCC1. The fourth-order valence-corrected chi connectivity index (χ4v) is 5.77. The van der Waals surface area contributed by atoms with E-state index in [0.717, 1.165) is 32.4 Å². The van der Waals surface area contributed by atoms with E-state index < -0.39 is 17.8 Å². The summed E-state index contributed by atoms with van der Waals surface area (Å²) in [7, 11) is 0. The van der Waals surface area contributed by atoms with Gasteiger partial charge in [0.05, 0.1) is 24.4 Å². The largest absolute Gasteiger partial charge is 0.378 e. The summed E-state index contributed by atoms with van der Waals surface area (Å²) in [5, 5.41) is 5.62. The molecule has 10 nitrogen and oxygen atoms in total. The number of anilines is 1. The van der Waals surface area contributed by atoms with Crippen LogP contribution in [-0.2, 0) is 19.1 Å². The van der Waals surface area contributed by atoms with E-state index in [-0.39, 0.29) is 36.1 Å². The molecule has 1 aromatic heterocycles. The highest BCUT2D eigenvalue weighted by molar-refractivity contribution is 6.35. The number of carbonyl (C=O) groups excluding carboxylic acids is 4. The first-order chi connectivity index (χ1) is 19.7. The number of hydrogen-bond donors (Lipinski definition) is 3. The summed E-state index contributed by atoms with van der Waals surface area (Å²) in [6.45, 7) is 6.64. The summed E-state index contributed by atoms with van der Waals surface area (Å²) in [6.07, 6.45) is 5.03. The monoisotopic (exact) mass is 565 g/mol. The smallest absolute Gasteiger partial charge is 0.256 e. The van der Waals surface area contributed by atoms with Gasteiger partial charge in [-0.2, -0.15) is 0 Å². The van der Waals surface area contributed by atoms with E-state index in [1.54, 1.807) is 24.8 Å². The van der Waals surface area contributed by atoms with E-state index in [2.05, 4.69) is 15.6 Å². The number of aromatic amines is 1. The molecular formula is C30H36FN5O5. The molecule has 3 aliphatic heterocycles. The summed E-state index contributed by atoms with van der Waals surface area (Å²) >= 11 is 0. The lowest BCUT2D eigenvalue weighted by Gasteiger charge is -2.31. The van der Waals surface area contributed by atoms with Crippen molar-refractivity contribution in [2.75, 3.05) is 44.7 Å². The fraction of sp³-hybridized carbons (Fsp3) is 0.467. The van der Waals surface area contributed by atoms with E-state index in [1.165, 1.54) is 18.2 Å². The Labute approximate surface area is 238 Å². The van der Waals surface area contributed by atoms with E-state index >= 15 is 0 Å². The van der Waals surface area contributed by atoms with Crippen LogP contribution in [0.25, 0.3) is 11.6 Å². The standard InChI is InChI=1S/C30H36FN5O5/c1-18-25(17-22-21-16-20(31)6-7-23(21)33-28(22)38)32-19(2)27(18)29(39)34-24(30(40)36-12-14-41-15-13-36)8-9-26(37)35-10-4-3-5-11-35/h6-7,16-17,24,32H,3-5,8-15H2,1-2H3,(H,33,38)(H,34,39)/b22-17-/t24-/m0/s1. The van der Waals surface area contributed by atoms with E-state index in [1.807, 2.05) is 4.90 Å². The summed E-state index contributed by atoms with van der Waals surface area (Å²) in [5.74, 6) is -1.51. The first kappa shape index (κ1) is 28.5. The number of hydrogen-bond acceptors (Lipinski definition) is 5. The van der Waals surface area contributed by atoms with Gasteiger partial charge in [0, 0.05) is 55.2 Å². The zero-order valence-electron chi connectivity index (χ0n) is 23.5. The molecule has 1 atom stereocenters. The maximum Gasteiger partial charge on any atom is 0.256 e. The minimum atomic E-state index is -0.875. The van der Waals surface area contributed by atoms with Gasteiger partial charge in [-0.05, 0) is 69.4 Å². The molecule has 0 unspecified atom stereocenters. The van der Waals surface area contributed by atoms with Crippen molar-refractivity contribution in [3.8, 4) is 0 Å². The molecule has 0 bridgehead atoms. The molecule has 2 aromatic rings. The number of likely N-dealkylation sites (tertiary alicyclic amines) is 1. The molecule has 4 heterocycles. The number of morpholine rings is 1. The number of piperidine rings is 1. The zero-order valence-corrected chi connectivity index (χ0v) is 23.5. The Morgan fingerprint density at radius 3 is 2.54 bits per heavy atom. The number of nitrogens with one attached hydrogen (secondary N) is 3. The topological polar surface area (TPSA) is 124 Å². The number of nitrogens with zero attached hydrogens (tertiary/aromatic N) is 2. The van der Waals surface area contributed by atoms with Gasteiger partial charge in [0.25, 0.3) is 11.8 Å². The van der Waals surface area contributed by atoms with Gasteiger partial charge in [-0.3, -0.25) is 19.2 Å². The molecule has 5 rings (SSSR count). The molecule has 0 radical (unpaired) electrons. The second-order valence-electron chi connectivity index (χ2n) is 10.8. The van der Waals surface area contributed by atoms with Gasteiger partial charge < -0.3 is 30.2 Å². The number of aryl methyl sites for hydroxylation is 1. The van der Waals surface area contributed by atoms with Crippen LogP contribution in [-0.4, -0.2) is 83.8 Å². The first-order valence-electron chi connectivity index (χ1n) is 14.2. The van der Waals surface area contributed by atoms with Crippen molar-refractivity contribution in [3.05, 3.63) is 52.1 Å². The maximum atomic E-state index is 13.9. The maximum absolute atomic E-state index is 13.9. The van der Waals surface area contributed by atoms with Crippen molar-refractivity contribution < 1.29 is 28.3 Å². The minimum absolute atomic E-state index is 0.00630. The predicted octanol–water partition coefficient (Wildman–Crippen LogP) is 3.01. The van der Waals surface area contributed by atoms with Crippen molar-refractivity contribution in [1.29, 1.82) is 0 Å². The van der Waals surface area contributed by atoms with Crippen molar-refractivity contribution in [2.45, 2.75) is 52.0 Å². The second-order valence-corrected chi connectivity index (χ2v) is 10.8. The van der Waals surface area contributed by atoms with Gasteiger partial charge in [0.15, 0.2) is 0 Å². The Balaban J connectivity index is 1.36. The third kappa shape index (κ3) is 6.19. The molecule has 218 valence electrons. The Kier molecular flexibility index (Phi) is 8.53. The van der Waals surface area contributed by atoms with Crippen molar-refractivity contribution in [1.82, 2.24) is 20.1 Å². The number of halogens is 1. The van der Waals surface area contributed by atoms with Crippen LogP contribution in [0.4, 0.5) is 10.1 Å². The van der Waals surface area contributed by atoms with Crippen LogP contribution in [0.3, 0.4) is 0 Å². The Morgan fingerprint density at radius 2 is 1.80 bits per heavy atom. The summed E-state index contributed by atoms with van der Waals surface area (Å²) < 4.78 is 19.3. The van der Waals surface area contributed by atoms with Crippen molar-refractivity contribution in [2.24, 2.45) is 0 Å². The summed E-state index contributed by atoms with van der Waals surface area (Å²) in [5.41, 5.74) is 3.29. The molecule has 2 saturated heterocycles. The van der Waals surface area contributed by atoms with E-state index in [4.69, 9.17) is 4.74 Å². The van der Waals surface area contributed by atoms with Crippen LogP contribution in [0, 0.1) is 19.7 Å². The van der Waals surface area contributed by atoms with Crippen LogP contribution >= 0.6 is 0 Å². The highest BCUT2D eigenvalue weighted by Crippen LogP contribution is 2.34. The number of amides is 4. The predicted molar refractivity (Wildman–Crippen MR) is 151 cm³/mol. The van der Waals surface area contributed by atoms with Gasteiger partial charge in [0.1, 0.15) is 11.9 Å². The van der Waals surface area contributed by atoms with Gasteiger partial charge in [-0.15, -0.1) is 0 Å². The summed E-state index contributed by atoms with van der Waals surface area (Å²) in [4.78, 5) is 59.3. The van der Waals surface area contributed by atoms with Crippen LogP contribution < -0.4 is 10.6 Å². The van der Waals surface area contributed by atoms with Crippen LogP contribution in [0.5, 0.6) is 0 Å². The average Bonchev–Trinajstić information content (AvgIpc) is 3.44. The molecule has 0 aliphatic carbocycles. The average molecular weight is 566 g/mol. The lowest BCUT2D eigenvalue weighted by Crippen LogP contribution is -2.52. The molecule has 2 fully saturated rings. The lowest BCUT2D eigenvalue weighted by atomic mass is 10.0. The molecule has 0 saturated carbocycles. The lowest BCUT2D eigenvalue weighted by molar-refractivity contribution is -0.138. The Morgan fingerprint density at radius 1 is 1.07 bits per heavy atom. The van der Waals surface area contributed by atoms with E-state index in [0.29, 0.717) is 60.1 Å². The zero-order chi connectivity index (χ0) is 29.1. The van der Waals surface area contributed by atoms with Crippen molar-refractivity contribution in [3.63, 3.8) is 0 Å². The molecular weight excluding hydrogens is 529 g/mol. The molecule has 0 spiro atoms. The van der Waals surface area contributed by atoms with Crippen LogP contribution in [0.2, 0.25) is 0 Å². The first-order valence-corrected chi connectivity index (χ1v) is 14.2. The number of aromatic nitrogens is 1. The van der Waals surface area contributed by atoms with Crippen LogP contribution in [0.1, 0.15) is 65.0 Å². The second kappa shape index (κ2) is 12.3. The Hall–Kier alpha value is -3.99. The van der Waals surface area contributed by atoms with Gasteiger partial charge in [0.2, 0.25) is 11.8 Å². The number of fused-ring (bicyclic) bond motifs is 1. The van der Waals surface area contributed by atoms with E-state index in [9.17, 15) is 23.6 Å².